The number of nitrogen functional groups attached to an aromatic ring is 1. The Morgan fingerprint density at radius 2 is 1.91 bits per heavy atom. The smallest absolute Gasteiger partial charge is 0.123 e. The van der Waals surface area contributed by atoms with Crippen molar-refractivity contribution in [2.45, 2.75) is 0 Å². The molecule has 0 aliphatic carbocycles. The van der Waals surface area contributed by atoms with Crippen LogP contribution in [0.1, 0.15) is 5.56 Å². The van der Waals surface area contributed by atoms with Gasteiger partial charge in [-0.2, -0.15) is 0 Å². The van der Waals surface area contributed by atoms with Crippen LogP contribution >= 0.6 is 35.0 Å². The van der Waals surface area contributed by atoms with Crippen LogP contribution in [0.5, 0.6) is 0 Å². The van der Waals surface area contributed by atoms with Gasteiger partial charge in [0, 0.05) is 9.13 Å². The first kappa shape index (κ1) is 10.7. The average Bonchev–Trinajstić information content (AvgIpc) is 1.88. The summed E-state index contributed by atoms with van der Waals surface area (Å²) in [6.45, 7) is 0. The third-order valence-electron chi connectivity index (χ3n) is 1.16. The first-order valence-corrected chi connectivity index (χ1v) is 3.88. The molecule has 1 rings (SSSR count). The standard InChI is InChI=1S/C7H7IN2.ClH/c8-6-4-2-1-3-5(6)7(9)10;/h1-4H,(H3,9,10);1H. The van der Waals surface area contributed by atoms with Crippen molar-refractivity contribution in [3.63, 3.8) is 0 Å². The van der Waals surface area contributed by atoms with E-state index < -0.39 is 0 Å². The van der Waals surface area contributed by atoms with E-state index in [1.165, 1.54) is 0 Å². The Kier molecular flexibility index (Phi) is 4.44. The molecule has 60 valence electrons. The number of hydrogen-bond acceptors (Lipinski definition) is 1. The minimum absolute atomic E-state index is 0. The lowest BCUT2D eigenvalue weighted by Gasteiger charge is -1.98. The fourth-order valence-electron chi connectivity index (χ4n) is 0.680. The number of rotatable bonds is 1. The van der Waals surface area contributed by atoms with Gasteiger partial charge in [0.1, 0.15) is 5.84 Å². The van der Waals surface area contributed by atoms with Gasteiger partial charge >= 0.3 is 0 Å². The fraction of sp³-hybridized carbons (Fsp3) is 0. The van der Waals surface area contributed by atoms with Crippen molar-refractivity contribution in [1.82, 2.24) is 0 Å². The Balaban J connectivity index is 0.000001000. The summed E-state index contributed by atoms with van der Waals surface area (Å²) in [5.74, 6) is 0.130. The first-order valence-electron chi connectivity index (χ1n) is 2.81. The Bertz CT molecular complexity index is 262. The second kappa shape index (κ2) is 4.56. The third kappa shape index (κ3) is 2.67. The summed E-state index contributed by atoms with van der Waals surface area (Å²) in [6, 6.07) is 7.56. The predicted molar refractivity (Wildman–Crippen MR) is 57.4 cm³/mol. The molecule has 0 saturated heterocycles. The molecule has 0 radical (unpaired) electrons. The van der Waals surface area contributed by atoms with Crippen LogP contribution in [0, 0.1) is 8.98 Å². The molecule has 0 amide bonds. The van der Waals surface area contributed by atoms with Gasteiger partial charge in [-0.05, 0) is 28.7 Å². The molecule has 0 aliphatic rings. The monoisotopic (exact) mass is 282 g/mol. The molecule has 0 aliphatic heterocycles. The number of hydrogen-bond donors (Lipinski definition) is 2. The van der Waals surface area contributed by atoms with E-state index in [9.17, 15) is 0 Å². The number of halogens is 2. The zero-order chi connectivity index (χ0) is 7.56. The highest BCUT2D eigenvalue weighted by atomic mass is 127. The summed E-state index contributed by atoms with van der Waals surface area (Å²) in [4.78, 5) is 0. The van der Waals surface area contributed by atoms with Gasteiger partial charge in [0.25, 0.3) is 0 Å². The highest BCUT2D eigenvalue weighted by Crippen LogP contribution is 2.09. The summed E-state index contributed by atoms with van der Waals surface area (Å²) in [7, 11) is 0. The molecule has 3 N–H and O–H groups in total. The van der Waals surface area contributed by atoms with E-state index in [1.807, 2.05) is 24.3 Å². The summed E-state index contributed by atoms with van der Waals surface area (Å²) in [5, 5.41) is 7.15. The molecule has 4 heteroatoms. The predicted octanol–water partition coefficient (Wildman–Crippen LogP) is 2.00. The van der Waals surface area contributed by atoms with Crippen molar-refractivity contribution in [3.05, 3.63) is 33.4 Å². The Hall–Kier alpha value is -0.290. The maximum Gasteiger partial charge on any atom is 0.123 e. The van der Waals surface area contributed by atoms with Crippen LogP contribution in [0.4, 0.5) is 0 Å². The van der Waals surface area contributed by atoms with Crippen LogP contribution in [0.2, 0.25) is 0 Å². The number of nitrogens with one attached hydrogen (secondary N) is 1. The molecular weight excluding hydrogens is 274 g/mol. The highest BCUT2D eigenvalue weighted by Gasteiger charge is 1.98. The Morgan fingerprint density at radius 1 is 1.36 bits per heavy atom. The molecule has 0 heterocycles. The largest absolute Gasteiger partial charge is 0.384 e. The van der Waals surface area contributed by atoms with Crippen molar-refractivity contribution >= 4 is 40.8 Å². The van der Waals surface area contributed by atoms with Gasteiger partial charge in [-0.1, -0.05) is 18.2 Å². The third-order valence-corrected chi connectivity index (χ3v) is 2.10. The Morgan fingerprint density at radius 3 is 2.27 bits per heavy atom. The van der Waals surface area contributed by atoms with Crippen LogP contribution < -0.4 is 5.73 Å². The molecule has 2 nitrogen and oxygen atoms in total. The van der Waals surface area contributed by atoms with Gasteiger partial charge in [-0.25, -0.2) is 0 Å². The van der Waals surface area contributed by atoms with Gasteiger partial charge in [0.2, 0.25) is 0 Å². The lowest BCUT2D eigenvalue weighted by atomic mass is 10.2. The minimum Gasteiger partial charge on any atom is -0.384 e. The van der Waals surface area contributed by atoms with Crippen molar-refractivity contribution in [1.29, 1.82) is 5.41 Å². The van der Waals surface area contributed by atoms with E-state index in [0.29, 0.717) is 0 Å². The van der Waals surface area contributed by atoms with Crippen molar-refractivity contribution in [3.8, 4) is 0 Å². The Labute approximate surface area is 85.2 Å². The van der Waals surface area contributed by atoms with Crippen LogP contribution in [-0.4, -0.2) is 5.84 Å². The van der Waals surface area contributed by atoms with Gasteiger partial charge in [-0.15, -0.1) is 12.4 Å². The normalized spacial score (nSPS) is 8.45. The first-order chi connectivity index (χ1) is 4.72. The molecule has 1 aromatic carbocycles. The zero-order valence-electron chi connectivity index (χ0n) is 5.67. The molecule has 0 bridgehead atoms. The molecular formula is C7H8ClIN2. The maximum absolute atomic E-state index is 7.15. The summed E-state index contributed by atoms with van der Waals surface area (Å²) < 4.78 is 1.02. The highest BCUT2D eigenvalue weighted by molar-refractivity contribution is 14.1. The van der Waals surface area contributed by atoms with Gasteiger partial charge < -0.3 is 5.73 Å². The molecule has 0 spiro atoms. The number of nitrogens with two attached hydrogens (primary N) is 1. The van der Waals surface area contributed by atoms with Crippen LogP contribution in [0.25, 0.3) is 0 Å². The fourth-order valence-corrected chi connectivity index (χ4v) is 1.36. The average molecular weight is 283 g/mol. The molecule has 0 saturated carbocycles. The quantitative estimate of drug-likeness (QED) is 0.462. The van der Waals surface area contributed by atoms with E-state index in [1.54, 1.807) is 0 Å². The number of benzene rings is 1. The van der Waals surface area contributed by atoms with E-state index in [2.05, 4.69) is 22.6 Å². The van der Waals surface area contributed by atoms with E-state index in [0.717, 1.165) is 9.13 Å². The second-order valence-corrected chi connectivity index (χ2v) is 3.06. The topological polar surface area (TPSA) is 49.9 Å². The van der Waals surface area contributed by atoms with E-state index in [4.69, 9.17) is 11.1 Å². The van der Waals surface area contributed by atoms with Gasteiger partial charge in [-0.3, -0.25) is 5.41 Å². The SMILES string of the molecule is Cl.N=C(N)c1ccccc1I. The van der Waals surface area contributed by atoms with Gasteiger partial charge in [0.05, 0.1) is 0 Å². The molecule has 0 atom stereocenters. The molecule has 0 aromatic heterocycles. The van der Waals surface area contributed by atoms with Crippen molar-refractivity contribution in [2.75, 3.05) is 0 Å². The molecule has 0 unspecified atom stereocenters. The minimum atomic E-state index is 0. The van der Waals surface area contributed by atoms with Crippen molar-refractivity contribution < 1.29 is 0 Å². The molecule has 0 fully saturated rings. The molecule has 1 aromatic rings. The number of amidine groups is 1. The van der Waals surface area contributed by atoms with Crippen LogP contribution in [0.15, 0.2) is 24.3 Å². The van der Waals surface area contributed by atoms with E-state index >= 15 is 0 Å². The van der Waals surface area contributed by atoms with Crippen LogP contribution in [-0.2, 0) is 0 Å². The lowest BCUT2D eigenvalue weighted by molar-refractivity contribution is 1.41. The summed E-state index contributed by atoms with van der Waals surface area (Å²) >= 11 is 2.15. The molecule has 11 heavy (non-hydrogen) atoms. The maximum atomic E-state index is 7.15. The van der Waals surface area contributed by atoms with Crippen LogP contribution in [0.3, 0.4) is 0 Å². The zero-order valence-corrected chi connectivity index (χ0v) is 8.65. The lowest BCUT2D eigenvalue weighted by Crippen LogP contribution is -2.12. The van der Waals surface area contributed by atoms with Crippen molar-refractivity contribution in [2.24, 2.45) is 5.73 Å². The second-order valence-electron chi connectivity index (χ2n) is 1.89. The summed E-state index contributed by atoms with van der Waals surface area (Å²) in [6.07, 6.45) is 0. The van der Waals surface area contributed by atoms with Gasteiger partial charge in [0.15, 0.2) is 0 Å². The summed E-state index contributed by atoms with van der Waals surface area (Å²) in [5.41, 5.74) is 6.10. The van der Waals surface area contributed by atoms with E-state index in [-0.39, 0.29) is 18.2 Å².